The smallest absolute Gasteiger partial charge is 0.359 e. The van der Waals surface area contributed by atoms with Crippen LogP contribution in [-0.4, -0.2) is 41.7 Å². The number of thiazole rings is 1. The van der Waals surface area contributed by atoms with Gasteiger partial charge >= 0.3 is 6.18 Å². The molecule has 4 nitrogen and oxygen atoms in total. The van der Waals surface area contributed by atoms with Gasteiger partial charge in [-0.1, -0.05) is 12.1 Å². The molecule has 0 saturated carbocycles. The fraction of sp³-hybridized carbons (Fsp3) is 0.429. The molecule has 1 aromatic carbocycles. The molecule has 120 valence electrons. The van der Waals surface area contributed by atoms with Crippen molar-refractivity contribution in [3.8, 4) is 0 Å². The molecule has 0 radical (unpaired) electrons. The van der Waals surface area contributed by atoms with E-state index in [1.165, 1.54) is 30.2 Å². The summed E-state index contributed by atoms with van der Waals surface area (Å²) in [6.45, 7) is 0.107. The molecule has 0 aliphatic heterocycles. The maximum atomic E-state index is 12.1. The van der Waals surface area contributed by atoms with Gasteiger partial charge in [0.25, 0.3) is 5.91 Å². The Hall–Kier alpha value is -1.67. The fourth-order valence-corrected chi connectivity index (χ4v) is 2.89. The van der Waals surface area contributed by atoms with Gasteiger partial charge in [-0.25, -0.2) is 4.98 Å². The molecule has 0 aliphatic rings. The van der Waals surface area contributed by atoms with Crippen LogP contribution in [0.25, 0.3) is 10.2 Å². The number of para-hydroxylation sites is 1. The van der Waals surface area contributed by atoms with E-state index in [0.29, 0.717) is 0 Å². The van der Waals surface area contributed by atoms with E-state index < -0.39 is 24.8 Å². The standard InChI is InChI=1S/C14H15F3N2O2S/c1-9(21-8-14(15,16)17)13(20)19(2)7-12-18-10-5-3-4-6-11(10)22-12/h3-6,9H,7-8H2,1-2H3/t9-/m1/s1. The molecule has 0 spiro atoms. The highest BCUT2D eigenvalue weighted by Gasteiger charge is 2.30. The quantitative estimate of drug-likeness (QED) is 0.844. The van der Waals surface area contributed by atoms with Crippen LogP contribution in [0.1, 0.15) is 11.9 Å². The lowest BCUT2D eigenvalue weighted by Crippen LogP contribution is -2.37. The number of carbonyl (C=O) groups excluding carboxylic acids is 1. The Bertz CT molecular complexity index is 624. The summed E-state index contributed by atoms with van der Waals surface area (Å²) in [5.41, 5.74) is 0.838. The largest absolute Gasteiger partial charge is 0.411 e. The number of nitrogens with zero attached hydrogens (tertiary/aromatic N) is 2. The zero-order valence-corrected chi connectivity index (χ0v) is 12.9. The molecule has 2 aromatic rings. The summed E-state index contributed by atoms with van der Waals surface area (Å²) in [5, 5.41) is 0.722. The maximum absolute atomic E-state index is 12.1. The predicted octanol–water partition coefficient (Wildman–Crippen LogP) is 3.22. The third-order valence-electron chi connectivity index (χ3n) is 2.93. The Balaban J connectivity index is 1.95. The predicted molar refractivity (Wildman–Crippen MR) is 77.6 cm³/mol. The topological polar surface area (TPSA) is 42.4 Å². The van der Waals surface area contributed by atoms with Gasteiger partial charge in [0.1, 0.15) is 17.7 Å². The van der Waals surface area contributed by atoms with E-state index in [2.05, 4.69) is 9.72 Å². The average molecular weight is 332 g/mol. The lowest BCUT2D eigenvalue weighted by Gasteiger charge is -2.21. The minimum absolute atomic E-state index is 0.234. The normalized spacial score (nSPS) is 13.3. The summed E-state index contributed by atoms with van der Waals surface area (Å²) >= 11 is 1.45. The molecule has 2 rings (SSSR count). The van der Waals surface area contributed by atoms with Crippen LogP contribution in [-0.2, 0) is 16.1 Å². The lowest BCUT2D eigenvalue weighted by atomic mass is 10.3. The number of carbonyl (C=O) groups is 1. The summed E-state index contributed by atoms with van der Waals surface area (Å²) < 4.78 is 41.8. The van der Waals surface area contributed by atoms with Gasteiger partial charge in [0.15, 0.2) is 0 Å². The zero-order valence-electron chi connectivity index (χ0n) is 12.1. The number of aromatic nitrogens is 1. The number of hydrogen-bond acceptors (Lipinski definition) is 4. The van der Waals surface area contributed by atoms with Crippen molar-refractivity contribution < 1.29 is 22.7 Å². The number of halogens is 3. The Kier molecular flexibility index (Phi) is 5.02. The number of fused-ring (bicyclic) bond motifs is 1. The second kappa shape index (κ2) is 6.62. The number of alkyl halides is 3. The number of rotatable bonds is 5. The van der Waals surface area contributed by atoms with Gasteiger partial charge < -0.3 is 9.64 Å². The van der Waals surface area contributed by atoms with Crippen LogP contribution in [0.2, 0.25) is 0 Å². The number of benzene rings is 1. The minimum Gasteiger partial charge on any atom is -0.359 e. The summed E-state index contributed by atoms with van der Waals surface area (Å²) in [6, 6.07) is 7.56. The SMILES string of the molecule is C[C@@H](OCC(F)(F)F)C(=O)N(C)Cc1nc2ccccc2s1. The third-order valence-corrected chi connectivity index (χ3v) is 3.95. The first-order valence-corrected chi connectivity index (χ1v) is 7.35. The third kappa shape index (κ3) is 4.41. The molecule has 1 aromatic heterocycles. The van der Waals surface area contributed by atoms with Crippen molar-refractivity contribution >= 4 is 27.5 Å². The second-order valence-electron chi connectivity index (χ2n) is 4.84. The molecule has 8 heteroatoms. The van der Waals surface area contributed by atoms with Crippen molar-refractivity contribution in [1.29, 1.82) is 0 Å². The molecule has 1 heterocycles. The first-order chi connectivity index (χ1) is 10.3. The number of amides is 1. The van der Waals surface area contributed by atoms with Crippen molar-refractivity contribution in [2.45, 2.75) is 25.7 Å². The Labute approximate surface area is 129 Å². The minimum atomic E-state index is -4.44. The Morgan fingerprint density at radius 2 is 2.09 bits per heavy atom. The van der Waals surface area contributed by atoms with Crippen molar-refractivity contribution in [3.05, 3.63) is 29.3 Å². The highest BCUT2D eigenvalue weighted by molar-refractivity contribution is 7.18. The molecule has 0 saturated heterocycles. The van der Waals surface area contributed by atoms with E-state index in [9.17, 15) is 18.0 Å². The molecule has 1 amide bonds. The van der Waals surface area contributed by atoms with Crippen molar-refractivity contribution in [3.63, 3.8) is 0 Å². The van der Waals surface area contributed by atoms with E-state index in [1.54, 1.807) is 0 Å². The second-order valence-corrected chi connectivity index (χ2v) is 5.95. The molecule has 0 aliphatic carbocycles. The number of hydrogen-bond donors (Lipinski definition) is 0. The molecule has 0 unspecified atom stereocenters. The van der Waals surface area contributed by atoms with Crippen LogP contribution in [0.3, 0.4) is 0 Å². The average Bonchev–Trinajstić information content (AvgIpc) is 2.85. The molecule has 1 atom stereocenters. The number of likely N-dealkylation sites (N-methyl/N-ethyl adjacent to an activating group) is 1. The first kappa shape index (κ1) is 16.7. The van der Waals surface area contributed by atoms with Crippen LogP contribution in [0.15, 0.2) is 24.3 Å². The van der Waals surface area contributed by atoms with Gasteiger partial charge in [-0.15, -0.1) is 11.3 Å². The van der Waals surface area contributed by atoms with Gasteiger partial charge in [-0.2, -0.15) is 13.2 Å². The summed E-state index contributed by atoms with van der Waals surface area (Å²) in [5.74, 6) is -0.511. The molecule has 22 heavy (non-hydrogen) atoms. The highest BCUT2D eigenvalue weighted by atomic mass is 32.1. The van der Waals surface area contributed by atoms with E-state index in [4.69, 9.17) is 0 Å². The van der Waals surface area contributed by atoms with Crippen LogP contribution >= 0.6 is 11.3 Å². The molecule has 0 bridgehead atoms. The first-order valence-electron chi connectivity index (χ1n) is 6.54. The highest BCUT2D eigenvalue weighted by Crippen LogP contribution is 2.22. The molecular weight excluding hydrogens is 317 g/mol. The van der Waals surface area contributed by atoms with E-state index in [0.717, 1.165) is 15.2 Å². The van der Waals surface area contributed by atoms with Gasteiger partial charge in [0.05, 0.1) is 16.8 Å². The van der Waals surface area contributed by atoms with Gasteiger partial charge in [-0.05, 0) is 19.1 Å². The van der Waals surface area contributed by atoms with Gasteiger partial charge in [0, 0.05) is 7.05 Å². The van der Waals surface area contributed by atoms with Crippen molar-refractivity contribution in [1.82, 2.24) is 9.88 Å². The number of ether oxygens (including phenoxy) is 1. The van der Waals surface area contributed by atoms with Gasteiger partial charge in [0.2, 0.25) is 0 Å². The van der Waals surface area contributed by atoms with E-state index in [-0.39, 0.29) is 6.54 Å². The van der Waals surface area contributed by atoms with E-state index >= 15 is 0 Å². The fourth-order valence-electron chi connectivity index (χ4n) is 1.87. The Morgan fingerprint density at radius 1 is 1.41 bits per heavy atom. The molecular formula is C14H15F3N2O2S. The van der Waals surface area contributed by atoms with E-state index in [1.807, 2.05) is 24.3 Å². The summed E-state index contributed by atoms with van der Waals surface area (Å²) in [7, 11) is 1.52. The Morgan fingerprint density at radius 3 is 2.73 bits per heavy atom. The van der Waals surface area contributed by atoms with Crippen molar-refractivity contribution in [2.24, 2.45) is 0 Å². The zero-order chi connectivity index (χ0) is 16.3. The monoisotopic (exact) mass is 332 g/mol. The van der Waals surface area contributed by atoms with Gasteiger partial charge in [-0.3, -0.25) is 4.79 Å². The van der Waals surface area contributed by atoms with Crippen LogP contribution in [0.4, 0.5) is 13.2 Å². The molecule has 0 N–H and O–H groups in total. The van der Waals surface area contributed by atoms with Crippen LogP contribution in [0, 0.1) is 0 Å². The van der Waals surface area contributed by atoms with Crippen LogP contribution in [0.5, 0.6) is 0 Å². The van der Waals surface area contributed by atoms with Crippen LogP contribution < -0.4 is 0 Å². The summed E-state index contributed by atoms with van der Waals surface area (Å²) in [4.78, 5) is 17.7. The summed E-state index contributed by atoms with van der Waals surface area (Å²) in [6.07, 6.45) is -5.60. The lowest BCUT2D eigenvalue weighted by molar-refractivity contribution is -0.188. The van der Waals surface area contributed by atoms with Crippen molar-refractivity contribution in [2.75, 3.05) is 13.7 Å². The maximum Gasteiger partial charge on any atom is 0.411 e. The molecule has 0 fully saturated rings.